The molecule has 94 valence electrons. The Hall–Kier alpha value is -0.760. The predicted molar refractivity (Wildman–Crippen MR) is 73.7 cm³/mol. The smallest absolute Gasteiger partial charge is 0.132 e. The van der Waals surface area contributed by atoms with Crippen LogP contribution in [0.5, 0.6) is 0 Å². The molecule has 0 aromatic carbocycles. The summed E-state index contributed by atoms with van der Waals surface area (Å²) in [4.78, 5) is 4.16. The molecule has 2 rings (SSSR count). The van der Waals surface area contributed by atoms with E-state index in [9.17, 15) is 0 Å². The van der Waals surface area contributed by atoms with Crippen LogP contribution in [0.3, 0.4) is 0 Å². The van der Waals surface area contributed by atoms with Gasteiger partial charge in [-0.15, -0.1) is 0 Å². The first-order valence-corrected chi connectivity index (χ1v) is 6.99. The largest absolute Gasteiger partial charge is 0.384 e. The van der Waals surface area contributed by atoms with Gasteiger partial charge in [0.1, 0.15) is 5.15 Å². The summed E-state index contributed by atoms with van der Waals surface area (Å²) in [5, 5.41) is 4.09. The maximum absolute atomic E-state index is 5.91. The van der Waals surface area contributed by atoms with E-state index in [-0.39, 0.29) is 0 Å². The molecule has 1 heterocycles. The minimum Gasteiger partial charge on any atom is -0.384 e. The molecule has 1 aromatic rings. The molecule has 1 aliphatic carbocycles. The van der Waals surface area contributed by atoms with Gasteiger partial charge in [-0.25, -0.2) is 4.98 Å². The van der Waals surface area contributed by atoms with Crippen LogP contribution in [0.2, 0.25) is 5.15 Å². The minimum absolute atomic E-state index is 0.602. The van der Waals surface area contributed by atoms with Gasteiger partial charge < -0.3 is 5.32 Å². The first-order valence-electron chi connectivity index (χ1n) is 6.62. The molecule has 17 heavy (non-hydrogen) atoms. The van der Waals surface area contributed by atoms with Crippen LogP contribution in [0.15, 0.2) is 12.3 Å². The van der Waals surface area contributed by atoms with Gasteiger partial charge in [0.2, 0.25) is 0 Å². The van der Waals surface area contributed by atoms with Crippen LogP contribution in [0, 0.1) is 12.8 Å². The monoisotopic (exact) mass is 252 g/mol. The summed E-state index contributed by atoms with van der Waals surface area (Å²) in [5.74, 6) is 0.827. The highest BCUT2D eigenvalue weighted by molar-refractivity contribution is 6.30. The zero-order valence-corrected chi connectivity index (χ0v) is 11.3. The van der Waals surface area contributed by atoms with Gasteiger partial charge in [-0.2, -0.15) is 0 Å². The number of halogens is 1. The van der Waals surface area contributed by atoms with Crippen molar-refractivity contribution >= 4 is 17.3 Å². The average molecular weight is 253 g/mol. The highest BCUT2D eigenvalue weighted by Gasteiger charge is 2.11. The van der Waals surface area contributed by atoms with Crippen molar-refractivity contribution < 1.29 is 0 Å². The number of aromatic nitrogens is 1. The van der Waals surface area contributed by atoms with Crippen LogP contribution in [0.4, 0.5) is 5.69 Å². The first-order chi connectivity index (χ1) is 8.25. The molecule has 3 heteroatoms. The van der Waals surface area contributed by atoms with Gasteiger partial charge in [-0.1, -0.05) is 37.3 Å². The summed E-state index contributed by atoms with van der Waals surface area (Å²) in [6, 6.07) is 2.08. The highest BCUT2D eigenvalue weighted by Crippen LogP contribution is 2.23. The average Bonchev–Trinajstić information content (AvgIpc) is 2.59. The fourth-order valence-corrected chi connectivity index (χ4v) is 2.59. The third kappa shape index (κ3) is 3.88. The molecule has 1 aliphatic rings. The van der Waals surface area contributed by atoms with Crippen LogP contribution < -0.4 is 5.32 Å². The normalized spacial score (nSPS) is 17.8. The molecule has 0 unspecified atom stereocenters. The molecule has 1 fully saturated rings. The summed E-state index contributed by atoms with van der Waals surface area (Å²) in [7, 11) is 0. The molecule has 0 bridgehead atoms. The van der Waals surface area contributed by atoms with Crippen molar-refractivity contribution in [1.29, 1.82) is 0 Å². The molecular formula is C14H21ClN2. The van der Waals surface area contributed by atoms with E-state index >= 15 is 0 Å². The van der Waals surface area contributed by atoms with Crippen LogP contribution in [-0.4, -0.2) is 11.5 Å². The predicted octanol–water partition coefficient (Wildman–Crippen LogP) is 4.43. The Balaban J connectivity index is 1.85. The van der Waals surface area contributed by atoms with Crippen molar-refractivity contribution in [2.75, 3.05) is 11.9 Å². The SMILES string of the molecule is Cc1cc(NCC2CCCCCC2)cnc1Cl. The molecule has 0 atom stereocenters. The van der Waals surface area contributed by atoms with Gasteiger partial charge in [0.25, 0.3) is 0 Å². The molecule has 0 aliphatic heterocycles. The topological polar surface area (TPSA) is 24.9 Å². The minimum atomic E-state index is 0.602. The second kappa shape index (κ2) is 6.25. The zero-order chi connectivity index (χ0) is 12.1. The maximum atomic E-state index is 5.91. The van der Waals surface area contributed by atoms with E-state index in [0.29, 0.717) is 5.15 Å². The lowest BCUT2D eigenvalue weighted by molar-refractivity contribution is 0.483. The maximum Gasteiger partial charge on any atom is 0.132 e. The van der Waals surface area contributed by atoms with E-state index in [1.54, 1.807) is 0 Å². The van der Waals surface area contributed by atoms with Gasteiger partial charge in [-0.3, -0.25) is 0 Å². The lowest BCUT2D eigenvalue weighted by Gasteiger charge is -2.15. The third-order valence-corrected chi connectivity index (χ3v) is 3.98. The standard InChI is InChI=1S/C14H21ClN2/c1-11-8-13(10-17-14(11)15)16-9-12-6-4-2-3-5-7-12/h8,10,12,16H,2-7,9H2,1H3. The summed E-state index contributed by atoms with van der Waals surface area (Å²) in [6.07, 6.45) is 10.2. The van der Waals surface area contributed by atoms with Crippen molar-refractivity contribution in [3.05, 3.63) is 23.0 Å². The van der Waals surface area contributed by atoms with Gasteiger partial charge in [0.05, 0.1) is 11.9 Å². The van der Waals surface area contributed by atoms with Crippen molar-refractivity contribution in [3.63, 3.8) is 0 Å². The zero-order valence-electron chi connectivity index (χ0n) is 10.5. The van der Waals surface area contributed by atoms with Crippen molar-refractivity contribution in [1.82, 2.24) is 4.98 Å². The quantitative estimate of drug-likeness (QED) is 0.636. The molecule has 2 nitrogen and oxygen atoms in total. The number of pyridine rings is 1. The van der Waals surface area contributed by atoms with E-state index in [1.165, 1.54) is 38.5 Å². The fourth-order valence-electron chi connectivity index (χ4n) is 2.49. The Morgan fingerprint density at radius 1 is 1.29 bits per heavy atom. The number of rotatable bonds is 3. The number of nitrogens with one attached hydrogen (secondary N) is 1. The van der Waals surface area contributed by atoms with Gasteiger partial charge in [0, 0.05) is 6.54 Å². The van der Waals surface area contributed by atoms with Crippen molar-refractivity contribution in [3.8, 4) is 0 Å². The Morgan fingerprint density at radius 3 is 2.65 bits per heavy atom. The molecule has 1 N–H and O–H groups in total. The number of nitrogens with zero attached hydrogens (tertiary/aromatic N) is 1. The number of hydrogen-bond acceptors (Lipinski definition) is 2. The Morgan fingerprint density at radius 2 is 2.00 bits per heavy atom. The summed E-state index contributed by atoms with van der Waals surface area (Å²) in [5.41, 5.74) is 2.13. The molecule has 0 radical (unpaired) electrons. The van der Waals surface area contributed by atoms with E-state index < -0.39 is 0 Å². The fraction of sp³-hybridized carbons (Fsp3) is 0.643. The van der Waals surface area contributed by atoms with Crippen LogP contribution in [-0.2, 0) is 0 Å². The summed E-state index contributed by atoms with van der Waals surface area (Å²) < 4.78 is 0. The Kier molecular flexibility index (Phi) is 4.66. The molecule has 0 spiro atoms. The second-order valence-corrected chi connectivity index (χ2v) is 5.43. The van der Waals surface area contributed by atoms with Gasteiger partial charge in [-0.05, 0) is 37.3 Å². The van der Waals surface area contributed by atoms with E-state index in [4.69, 9.17) is 11.6 Å². The molecular weight excluding hydrogens is 232 g/mol. The van der Waals surface area contributed by atoms with Crippen molar-refractivity contribution in [2.24, 2.45) is 5.92 Å². The van der Waals surface area contributed by atoms with Gasteiger partial charge >= 0.3 is 0 Å². The molecule has 1 saturated carbocycles. The number of aryl methyl sites for hydroxylation is 1. The number of anilines is 1. The summed E-state index contributed by atoms with van der Waals surface area (Å²) in [6.45, 7) is 3.06. The summed E-state index contributed by atoms with van der Waals surface area (Å²) >= 11 is 5.91. The third-order valence-electron chi connectivity index (χ3n) is 3.58. The van der Waals surface area contributed by atoms with Crippen LogP contribution in [0.1, 0.15) is 44.1 Å². The van der Waals surface area contributed by atoms with Gasteiger partial charge in [0.15, 0.2) is 0 Å². The Bertz CT molecular complexity index is 357. The van der Waals surface area contributed by atoms with Crippen LogP contribution >= 0.6 is 11.6 Å². The molecule has 0 saturated heterocycles. The lowest BCUT2D eigenvalue weighted by Crippen LogP contribution is -2.13. The molecule has 0 amide bonds. The van der Waals surface area contributed by atoms with Crippen LogP contribution in [0.25, 0.3) is 0 Å². The number of hydrogen-bond donors (Lipinski definition) is 1. The van der Waals surface area contributed by atoms with E-state index in [0.717, 1.165) is 23.7 Å². The highest BCUT2D eigenvalue weighted by atomic mass is 35.5. The lowest BCUT2D eigenvalue weighted by atomic mass is 10.0. The Labute approximate surface area is 109 Å². The first kappa shape index (κ1) is 12.7. The van der Waals surface area contributed by atoms with E-state index in [1.807, 2.05) is 13.1 Å². The second-order valence-electron chi connectivity index (χ2n) is 5.07. The van der Waals surface area contributed by atoms with Crippen molar-refractivity contribution in [2.45, 2.75) is 45.4 Å². The van der Waals surface area contributed by atoms with E-state index in [2.05, 4.69) is 16.4 Å². The molecule has 1 aromatic heterocycles.